The van der Waals surface area contributed by atoms with Crippen molar-refractivity contribution in [3.05, 3.63) is 52.0 Å². The first kappa shape index (κ1) is 21.7. The zero-order chi connectivity index (χ0) is 20.7. The van der Waals surface area contributed by atoms with Crippen molar-refractivity contribution in [3.8, 4) is 11.5 Å². The Morgan fingerprint density at radius 3 is 2.64 bits per heavy atom. The molecule has 28 heavy (non-hydrogen) atoms. The van der Waals surface area contributed by atoms with Crippen LogP contribution in [0.2, 0.25) is 10.0 Å². The standard InChI is InChI=1S/C18H16Cl2F2N2O4/c1-10(17(25)24-13-5-3-4-12(19)16(13)20)28-23-9-11-6-7-14(27-18(21)22)15(8-11)26-2/h3-10,18H,1-2H3,(H,24,25)/b23-9-/t10-/m1/s1. The SMILES string of the molecule is COc1cc(/C=N\O[C@H](C)C(=O)Nc2cccc(Cl)c2Cl)ccc1OC(F)F. The van der Waals surface area contributed by atoms with Gasteiger partial charge in [0.2, 0.25) is 6.10 Å². The Morgan fingerprint density at radius 2 is 1.96 bits per heavy atom. The van der Waals surface area contributed by atoms with Crippen LogP contribution in [0, 0.1) is 0 Å². The van der Waals surface area contributed by atoms with E-state index in [2.05, 4.69) is 15.2 Å². The number of methoxy groups -OCH3 is 1. The molecule has 0 aliphatic rings. The molecule has 2 aromatic carbocycles. The van der Waals surface area contributed by atoms with Gasteiger partial charge in [-0.15, -0.1) is 0 Å². The van der Waals surface area contributed by atoms with Crippen molar-refractivity contribution in [2.75, 3.05) is 12.4 Å². The summed E-state index contributed by atoms with van der Waals surface area (Å²) in [5, 5.41) is 6.82. The number of nitrogens with zero attached hydrogens (tertiary/aromatic N) is 1. The Morgan fingerprint density at radius 1 is 1.21 bits per heavy atom. The van der Waals surface area contributed by atoms with Crippen LogP contribution in [-0.4, -0.2) is 31.9 Å². The maximum absolute atomic E-state index is 12.3. The highest BCUT2D eigenvalue weighted by Crippen LogP contribution is 2.30. The van der Waals surface area contributed by atoms with Crippen LogP contribution in [0.25, 0.3) is 0 Å². The van der Waals surface area contributed by atoms with E-state index in [1.807, 2.05) is 0 Å². The van der Waals surface area contributed by atoms with Crippen molar-refractivity contribution < 1.29 is 27.9 Å². The quantitative estimate of drug-likeness (QED) is 0.471. The zero-order valence-electron chi connectivity index (χ0n) is 14.8. The molecule has 0 aromatic heterocycles. The highest BCUT2D eigenvalue weighted by molar-refractivity contribution is 6.44. The highest BCUT2D eigenvalue weighted by atomic mass is 35.5. The number of hydrogen-bond acceptors (Lipinski definition) is 5. The summed E-state index contributed by atoms with van der Waals surface area (Å²) in [6, 6.07) is 9.05. The largest absolute Gasteiger partial charge is 0.493 e. The van der Waals surface area contributed by atoms with Gasteiger partial charge in [0, 0.05) is 5.56 Å². The average Bonchev–Trinajstić information content (AvgIpc) is 2.65. The Labute approximate surface area is 170 Å². The van der Waals surface area contributed by atoms with Gasteiger partial charge in [0.05, 0.1) is 29.1 Å². The summed E-state index contributed by atoms with van der Waals surface area (Å²) in [5.74, 6) is -0.494. The van der Waals surface area contributed by atoms with Crippen LogP contribution in [0.1, 0.15) is 12.5 Å². The van der Waals surface area contributed by atoms with Crippen LogP contribution in [0.3, 0.4) is 0 Å². The average molecular weight is 433 g/mol. The molecule has 2 rings (SSSR count). The first-order chi connectivity index (χ1) is 13.3. The summed E-state index contributed by atoms with van der Waals surface area (Å²) in [7, 11) is 1.32. The number of amides is 1. The van der Waals surface area contributed by atoms with Crippen molar-refractivity contribution >= 4 is 41.0 Å². The van der Waals surface area contributed by atoms with Crippen LogP contribution in [0.15, 0.2) is 41.6 Å². The molecule has 0 spiro atoms. The maximum Gasteiger partial charge on any atom is 0.387 e. The van der Waals surface area contributed by atoms with Crippen LogP contribution in [0.5, 0.6) is 11.5 Å². The lowest BCUT2D eigenvalue weighted by atomic mass is 10.2. The van der Waals surface area contributed by atoms with Crippen LogP contribution >= 0.6 is 23.2 Å². The van der Waals surface area contributed by atoms with Crippen LogP contribution in [-0.2, 0) is 9.63 Å². The Balaban J connectivity index is 1.97. The third-order valence-corrected chi connectivity index (χ3v) is 4.22. The second-order valence-electron chi connectivity index (χ2n) is 5.36. The van der Waals surface area contributed by atoms with Crippen molar-refractivity contribution in [2.24, 2.45) is 5.16 Å². The van der Waals surface area contributed by atoms with Crippen LogP contribution in [0.4, 0.5) is 14.5 Å². The van der Waals surface area contributed by atoms with Gasteiger partial charge >= 0.3 is 6.61 Å². The summed E-state index contributed by atoms with van der Waals surface area (Å²) in [4.78, 5) is 17.3. The predicted molar refractivity (Wildman–Crippen MR) is 103 cm³/mol. The van der Waals surface area contributed by atoms with Gasteiger partial charge in [-0.25, -0.2) is 0 Å². The molecule has 0 unspecified atom stereocenters. The lowest BCUT2D eigenvalue weighted by Crippen LogP contribution is -2.26. The molecule has 0 fully saturated rings. The minimum Gasteiger partial charge on any atom is -0.493 e. The van der Waals surface area contributed by atoms with Gasteiger partial charge in [-0.2, -0.15) is 8.78 Å². The first-order valence-electron chi connectivity index (χ1n) is 7.88. The fraction of sp³-hybridized carbons (Fsp3) is 0.222. The third-order valence-electron chi connectivity index (χ3n) is 3.40. The smallest absolute Gasteiger partial charge is 0.387 e. The van der Waals surface area contributed by atoms with Gasteiger partial charge in [0.25, 0.3) is 5.91 Å². The Bertz CT molecular complexity index is 865. The summed E-state index contributed by atoms with van der Waals surface area (Å²) < 4.78 is 34.0. The number of anilines is 1. The number of hydrogen-bond donors (Lipinski definition) is 1. The summed E-state index contributed by atoms with van der Waals surface area (Å²) >= 11 is 11.9. The zero-order valence-corrected chi connectivity index (χ0v) is 16.3. The molecule has 2 aromatic rings. The number of rotatable bonds is 8. The fourth-order valence-electron chi connectivity index (χ4n) is 2.02. The van der Waals surface area contributed by atoms with E-state index >= 15 is 0 Å². The van der Waals surface area contributed by atoms with Gasteiger partial charge in [-0.1, -0.05) is 34.4 Å². The minimum absolute atomic E-state index is 0.102. The number of oxime groups is 1. The predicted octanol–water partition coefficient (Wildman–Crippen LogP) is 4.98. The molecule has 150 valence electrons. The van der Waals surface area contributed by atoms with Crippen LogP contribution < -0.4 is 14.8 Å². The Kier molecular flexibility index (Phi) is 7.83. The lowest BCUT2D eigenvalue weighted by Gasteiger charge is -2.12. The van der Waals surface area contributed by atoms with E-state index < -0.39 is 18.6 Å². The number of carbonyl (C=O) groups excluding carboxylic acids is 1. The highest BCUT2D eigenvalue weighted by Gasteiger charge is 2.16. The van der Waals surface area contributed by atoms with Gasteiger partial charge in [-0.3, -0.25) is 4.79 Å². The molecule has 1 atom stereocenters. The minimum atomic E-state index is -2.97. The second-order valence-corrected chi connectivity index (χ2v) is 6.15. The number of benzene rings is 2. The lowest BCUT2D eigenvalue weighted by molar-refractivity contribution is -0.126. The van der Waals surface area contributed by atoms with E-state index in [9.17, 15) is 13.6 Å². The molecule has 0 heterocycles. The normalized spacial score (nSPS) is 12.1. The van der Waals surface area contributed by atoms with Crippen molar-refractivity contribution in [3.63, 3.8) is 0 Å². The van der Waals surface area contributed by atoms with E-state index in [4.69, 9.17) is 32.8 Å². The third kappa shape index (κ3) is 5.97. The summed E-state index contributed by atoms with van der Waals surface area (Å²) in [6.07, 6.45) is 0.361. The van der Waals surface area contributed by atoms with Crippen molar-refractivity contribution in [2.45, 2.75) is 19.6 Å². The molecule has 0 saturated carbocycles. The fourth-order valence-corrected chi connectivity index (χ4v) is 2.37. The molecule has 10 heteroatoms. The summed E-state index contributed by atoms with van der Waals surface area (Å²) in [5.41, 5.74) is 0.835. The molecular formula is C18H16Cl2F2N2O4. The number of halogens is 4. The molecule has 1 amide bonds. The van der Waals surface area contributed by atoms with Gasteiger partial charge in [-0.05, 0) is 37.3 Å². The molecule has 0 bridgehead atoms. The van der Waals surface area contributed by atoms with E-state index in [1.54, 1.807) is 18.2 Å². The summed E-state index contributed by atoms with van der Waals surface area (Å²) in [6.45, 7) is -1.48. The molecule has 1 N–H and O–H groups in total. The topological polar surface area (TPSA) is 69.2 Å². The monoisotopic (exact) mass is 432 g/mol. The van der Waals surface area contributed by atoms with Gasteiger partial charge < -0.3 is 19.6 Å². The van der Waals surface area contributed by atoms with Gasteiger partial charge in [0.15, 0.2) is 11.5 Å². The second kappa shape index (κ2) is 10.1. The van der Waals surface area contributed by atoms with Crippen molar-refractivity contribution in [1.29, 1.82) is 0 Å². The maximum atomic E-state index is 12.3. The first-order valence-corrected chi connectivity index (χ1v) is 8.64. The Hall–Kier alpha value is -2.58. The van der Waals surface area contributed by atoms with E-state index in [0.29, 0.717) is 16.3 Å². The number of alkyl halides is 2. The molecule has 0 radical (unpaired) electrons. The van der Waals surface area contributed by atoms with E-state index in [0.717, 1.165) is 0 Å². The molecule has 6 nitrogen and oxygen atoms in total. The molecular weight excluding hydrogens is 417 g/mol. The van der Waals surface area contributed by atoms with E-state index in [1.165, 1.54) is 38.4 Å². The van der Waals surface area contributed by atoms with E-state index in [-0.39, 0.29) is 16.5 Å². The molecule has 0 aliphatic heterocycles. The van der Waals surface area contributed by atoms with Crippen molar-refractivity contribution in [1.82, 2.24) is 0 Å². The van der Waals surface area contributed by atoms with Gasteiger partial charge in [0.1, 0.15) is 0 Å². The molecule has 0 saturated heterocycles. The molecule has 0 aliphatic carbocycles. The number of ether oxygens (including phenoxy) is 2. The number of nitrogens with one attached hydrogen (secondary N) is 1. The number of carbonyl (C=O) groups is 1.